The second-order valence-corrected chi connectivity index (χ2v) is 7.60. The molecule has 2 N–H and O–H groups in total. The number of benzene rings is 2. The van der Waals surface area contributed by atoms with E-state index >= 15 is 0 Å². The molecule has 0 saturated heterocycles. The van der Waals surface area contributed by atoms with Gasteiger partial charge in [0.15, 0.2) is 0 Å². The number of methoxy groups -OCH3 is 2. The monoisotopic (exact) mass is 402 g/mol. The Morgan fingerprint density at radius 1 is 1.18 bits per heavy atom. The van der Waals surface area contributed by atoms with E-state index in [0.29, 0.717) is 18.7 Å². The minimum atomic E-state index is -0.647. The third-order valence-corrected chi connectivity index (χ3v) is 5.69. The number of hydroxylamine groups is 1. The quantitative estimate of drug-likeness (QED) is 0.546. The number of ether oxygens (including phenoxy) is 2. The van der Waals surface area contributed by atoms with Gasteiger partial charge in [0.2, 0.25) is 5.91 Å². The van der Waals surface area contributed by atoms with Gasteiger partial charge in [-0.3, -0.25) is 14.8 Å². The SMILES string of the molecule is COCc1ccc2c(c1)N(CC(=O)NO)C(=O)C(Cc1ccc(OC)cc1)S2. The van der Waals surface area contributed by atoms with Crippen LogP contribution >= 0.6 is 11.8 Å². The number of nitrogens with one attached hydrogen (secondary N) is 1. The summed E-state index contributed by atoms with van der Waals surface area (Å²) >= 11 is 1.48. The lowest BCUT2D eigenvalue weighted by Gasteiger charge is -2.33. The second-order valence-electron chi connectivity index (χ2n) is 6.35. The second kappa shape index (κ2) is 9.09. The molecule has 8 heteroatoms. The van der Waals surface area contributed by atoms with E-state index in [9.17, 15) is 9.59 Å². The van der Waals surface area contributed by atoms with Gasteiger partial charge in [0.1, 0.15) is 12.3 Å². The normalized spacial score (nSPS) is 15.9. The fraction of sp³-hybridized carbons (Fsp3) is 0.300. The summed E-state index contributed by atoms with van der Waals surface area (Å²) < 4.78 is 10.3. The maximum Gasteiger partial charge on any atom is 0.263 e. The smallest absolute Gasteiger partial charge is 0.263 e. The molecule has 28 heavy (non-hydrogen) atoms. The molecule has 1 atom stereocenters. The molecule has 3 rings (SSSR count). The van der Waals surface area contributed by atoms with Crippen molar-refractivity contribution in [1.82, 2.24) is 5.48 Å². The Balaban J connectivity index is 1.89. The summed E-state index contributed by atoms with van der Waals surface area (Å²) in [5, 5.41) is 8.54. The van der Waals surface area contributed by atoms with E-state index in [-0.39, 0.29) is 17.7 Å². The van der Waals surface area contributed by atoms with E-state index in [1.807, 2.05) is 42.5 Å². The van der Waals surface area contributed by atoms with Crippen LogP contribution in [0.25, 0.3) is 0 Å². The first-order chi connectivity index (χ1) is 13.5. The molecule has 0 saturated carbocycles. The lowest BCUT2D eigenvalue weighted by molar-refractivity contribution is -0.129. The topological polar surface area (TPSA) is 88.1 Å². The third kappa shape index (κ3) is 4.46. The highest BCUT2D eigenvalue weighted by Crippen LogP contribution is 2.41. The summed E-state index contributed by atoms with van der Waals surface area (Å²) in [5.74, 6) is -0.0679. The van der Waals surface area contributed by atoms with Crippen LogP contribution in [0.5, 0.6) is 5.75 Å². The molecule has 0 bridgehead atoms. The van der Waals surface area contributed by atoms with E-state index in [1.165, 1.54) is 16.7 Å². The summed E-state index contributed by atoms with van der Waals surface area (Å²) in [6.45, 7) is 0.153. The Bertz CT molecular complexity index is 856. The molecule has 0 radical (unpaired) electrons. The molecule has 1 unspecified atom stereocenters. The number of nitrogens with zero attached hydrogens (tertiary/aromatic N) is 1. The van der Waals surface area contributed by atoms with Crippen molar-refractivity contribution in [3.63, 3.8) is 0 Å². The molecule has 1 aliphatic heterocycles. The van der Waals surface area contributed by atoms with Gasteiger partial charge >= 0.3 is 0 Å². The van der Waals surface area contributed by atoms with Gasteiger partial charge < -0.3 is 14.4 Å². The predicted octanol–water partition coefficient (Wildman–Crippen LogP) is 2.40. The van der Waals surface area contributed by atoms with Crippen LogP contribution in [0.15, 0.2) is 47.4 Å². The van der Waals surface area contributed by atoms with Gasteiger partial charge in [0.25, 0.3) is 5.91 Å². The number of hydrogen-bond donors (Lipinski definition) is 2. The number of hydrogen-bond acceptors (Lipinski definition) is 6. The van der Waals surface area contributed by atoms with E-state index in [4.69, 9.17) is 14.7 Å². The van der Waals surface area contributed by atoms with Gasteiger partial charge in [-0.05, 0) is 41.8 Å². The molecule has 0 fully saturated rings. The first kappa shape index (κ1) is 20.2. The molecule has 0 aliphatic carbocycles. The summed E-state index contributed by atoms with van der Waals surface area (Å²) in [4.78, 5) is 27.2. The van der Waals surface area contributed by atoms with Crippen molar-refractivity contribution in [1.29, 1.82) is 0 Å². The van der Waals surface area contributed by atoms with E-state index in [1.54, 1.807) is 19.7 Å². The maximum atomic E-state index is 13.1. The standard InChI is InChI=1S/C20H22N2O5S/c1-26-12-14-5-8-17-16(9-14)22(11-19(23)21-25)20(24)18(28-17)10-13-3-6-15(27-2)7-4-13/h3-9,18,25H,10-12H2,1-2H3,(H,21,23). The van der Waals surface area contributed by atoms with Crippen molar-refractivity contribution in [3.8, 4) is 5.75 Å². The minimum absolute atomic E-state index is 0.175. The highest BCUT2D eigenvalue weighted by atomic mass is 32.2. The predicted molar refractivity (Wildman–Crippen MR) is 106 cm³/mol. The van der Waals surface area contributed by atoms with E-state index in [0.717, 1.165) is 21.8 Å². The van der Waals surface area contributed by atoms with Crippen LogP contribution < -0.4 is 15.1 Å². The number of carbonyl (C=O) groups excluding carboxylic acids is 2. The Hall–Kier alpha value is -2.55. The number of fused-ring (bicyclic) bond motifs is 1. The average Bonchev–Trinajstić information content (AvgIpc) is 2.72. The van der Waals surface area contributed by atoms with E-state index < -0.39 is 5.91 Å². The van der Waals surface area contributed by atoms with Crippen molar-refractivity contribution in [2.45, 2.75) is 23.2 Å². The van der Waals surface area contributed by atoms with Gasteiger partial charge in [0.05, 0.1) is 24.7 Å². The Labute approximate surface area is 167 Å². The van der Waals surface area contributed by atoms with Crippen LogP contribution in [-0.2, 0) is 27.4 Å². The lowest BCUT2D eigenvalue weighted by Crippen LogP contribution is -2.46. The average molecular weight is 402 g/mol. The van der Waals surface area contributed by atoms with Gasteiger partial charge in [-0.15, -0.1) is 11.8 Å². The summed E-state index contributed by atoms with van der Waals surface area (Å²) in [5.41, 5.74) is 4.15. The van der Waals surface area contributed by atoms with Crippen molar-refractivity contribution in [2.24, 2.45) is 0 Å². The lowest BCUT2D eigenvalue weighted by atomic mass is 10.1. The molecule has 2 aromatic rings. The highest BCUT2D eigenvalue weighted by molar-refractivity contribution is 8.01. The number of anilines is 1. The zero-order valence-electron chi connectivity index (χ0n) is 15.7. The fourth-order valence-electron chi connectivity index (χ4n) is 3.07. The number of amides is 2. The van der Waals surface area contributed by atoms with Crippen molar-refractivity contribution in [3.05, 3.63) is 53.6 Å². The molecule has 2 aromatic carbocycles. The summed E-state index contributed by atoms with van der Waals surface area (Å²) in [7, 11) is 3.20. The summed E-state index contributed by atoms with van der Waals surface area (Å²) in [6, 6.07) is 13.3. The Morgan fingerprint density at radius 2 is 1.89 bits per heavy atom. The molecule has 1 heterocycles. The van der Waals surface area contributed by atoms with Gasteiger partial charge in [-0.1, -0.05) is 18.2 Å². The van der Waals surface area contributed by atoms with Crippen LogP contribution in [0.3, 0.4) is 0 Å². The van der Waals surface area contributed by atoms with Crippen LogP contribution in [0.2, 0.25) is 0 Å². The molecule has 0 aromatic heterocycles. The molecule has 1 aliphatic rings. The first-order valence-electron chi connectivity index (χ1n) is 8.71. The number of thioether (sulfide) groups is 1. The summed E-state index contributed by atoms with van der Waals surface area (Å²) in [6.07, 6.45) is 0.518. The zero-order valence-corrected chi connectivity index (χ0v) is 16.5. The van der Waals surface area contributed by atoms with Crippen molar-refractivity contribution < 1.29 is 24.3 Å². The molecule has 148 valence electrons. The number of carbonyl (C=O) groups is 2. The van der Waals surface area contributed by atoms with Crippen LogP contribution in [0.4, 0.5) is 5.69 Å². The first-order valence-corrected chi connectivity index (χ1v) is 9.59. The van der Waals surface area contributed by atoms with Crippen molar-refractivity contribution >= 4 is 29.3 Å². The maximum absolute atomic E-state index is 13.1. The molecule has 7 nitrogen and oxygen atoms in total. The highest BCUT2D eigenvalue weighted by Gasteiger charge is 2.34. The Morgan fingerprint density at radius 3 is 2.54 bits per heavy atom. The van der Waals surface area contributed by atoms with Crippen LogP contribution in [-0.4, -0.2) is 43.0 Å². The van der Waals surface area contributed by atoms with Crippen LogP contribution in [0, 0.1) is 0 Å². The van der Waals surface area contributed by atoms with Gasteiger partial charge in [-0.2, -0.15) is 0 Å². The van der Waals surface area contributed by atoms with Crippen LogP contribution in [0.1, 0.15) is 11.1 Å². The third-order valence-electron chi connectivity index (χ3n) is 4.44. The Kier molecular flexibility index (Phi) is 6.56. The number of rotatable bonds is 7. The largest absolute Gasteiger partial charge is 0.497 e. The fourth-order valence-corrected chi connectivity index (χ4v) is 4.32. The molecule has 2 amide bonds. The molecular formula is C20H22N2O5S. The van der Waals surface area contributed by atoms with Gasteiger partial charge in [-0.25, -0.2) is 5.48 Å². The molecular weight excluding hydrogens is 380 g/mol. The molecule has 0 spiro atoms. The van der Waals surface area contributed by atoms with Gasteiger partial charge in [0, 0.05) is 12.0 Å². The van der Waals surface area contributed by atoms with Crippen molar-refractivity contribution in [2.75, 3.05) is 25.7 Å². The van der Waals surface area contributed by atoms with E-state index in [2.05, 4.69) is 0 Å². The minimum Gasteiger partial charge on any atom is -0.497 e. The zero-order chi connectivity index (χ0) is 20.1.